The molecule has 1 aliphatic rings. The Labute approximate surface area is 112 Å². The third-order valence-electron chi connectivity index (χ3n) is 2.92. The molecular weight excluding hydrogens is 244 g/mol. The van der Waals surface area contributed by atoms with E-state index in [0.29, 0.717) is 18.0 Å². The minimum atomic E-state index is -0.262. The first-order valence-corrected chi connectivity index (χ1v) is 6.63. The van der Waals surface area contributed by atoms with Gasteiger partial charge >= 0.3 is 0 Å². The van der Waals surface area contributed by atoms with Gasteiger partial charge in [0.1, 0.15) is 11.9 Å². The molecule has 1 atom stereocenters. The maximum absolute atomic E-state index is 11.7. The van der Waals surface area contributed by atoms with Crippen LogP contribution in [0.3, 0.4) is 0 Å². The summed E-state index contributed by atoms with van der Waals surface area (Å²) in [6.07, 6.45) is 3.98. The Morgan fingerprint density at radius 1 is 1.58 bits per heavy atom. The van der Waals surface area contributed by atoms with Crippen molar-refractivity contribution < 1.29 is 14.1 Å². The van der Waals surface area contributed by atoms with Crippen LogP contribution in [0.15, 0.2) is 10.6 Å². The molecule has 19 heavy (non-hydrogen) atoms. The van der Waals surface area contributed by atoms with Crippen molar-refractivity contribution in [2.24, 2.45) is 0 Å². The van der Waals surface area contributed by atoms with Crippen molar-refractivity contribution in [3.8, 4) is 11.8 Å². The van der Waals surface area contributed by atoms with Crippen LogP contribution < -0.4 is 5.32 Å². The predicted octanol–water partition coefficient (Wildman–Crippen LogP) is 1.54. The van der Waals surface area contributed by atoms with Gasteiger partial charge in [0.15, 0.2) is 5.69 Å². The number of amides is 1. The van der Waals surface area contributed by atoms with Crippen molar-refractivity contribution in [1.29, 1.82) is 0 Å². The van der Waals surface area contributed by atoms with E-state index in [1.165, 1.54) is 0 Å². The highest BCUT2D eigenvalue weighted by Crippen LogP contribution is 2.11. The largest absolute Gasteiger partial charge is 0.366 e. The number of aryl methyl sites for hydroxylation is 1. The average molecular weight is 262 g/mol. The summed E-state index contributed by atoms with van der Waals surface area (Å²) in [4.78, 5) is 11.7. The van der Waals surface area contributed by atoms with E-state index in [1.807, 2.05) is 6.92 Å². The maximum atomic E-state index is 11.7. The molecule has 2 rings (SSSR count). The van der Waals surface area contributed by atoms with Gasteiger partial charge in [-0.2, -0.15) is 0 Å². The van der Waals surface area contributed by atoms with E-state index in [-0.39, 0.29) is 12.0 Å². The van der Waals surface area contributed by atoms with Gasteiger partial charge in [-0.25, -0.2) is 0 Å². The lowest BCUT2D eigenvalue weighted by molar-refractivity contribution is 0.0525. The molecule has 5 heteroatoms. The summed E-state index contributed by atoms with van der Waals surface area (Å²) >= 11 is 0. The zero-order chi connectivity index (χ0) is 13.5. The summed E-state index contributed by atoms with van der Waals surface area (Å²) in [6, 6.07) is 1.65. The fourth-order valence-corrected chi connectivity index (χ4v) is 1.82. The van der Waals surface area contributed by atoms with E-state index >= 15 is 0 Å². The van der Waals surface area contributed by atoms with Crippen LogP contribution in [0.5, 0.6) is 0 Å². The van der Waals surface area contributed by atoms with Crippen LogP contribution in [0.2, 0.25) is 0 Å². The maximum Gasteiger partial charge on any atom is 0.274 e. The number of hydrogen-bond donors (Lipinski definition) is 1. The molecule has 1 saturated heterocycles. The molecule has 1 aromatic rings. The molecule has 1 fully saturated rings. The molecule has 2 heterocycles. The minimum absolute atomic E-state index is 0.0180. The van der Waals surface area contributed by atoms with Crippen molar-refractivity contribution in [1.82, 2.24) is 10.5 Å². The quantitative estimate of drug-likeness (QED) is 0.839. The number of nitrogens with zero attached hydrogens (tertiary/aromatic N) is 1. The van der Waals surface area contributed by atoms with E-state index in [9.17, 15) is 4.79 Å². The second kappa shape index (κ2) is 6.95. The van der Waals surface area contributed by atoms with Gasteiger partial charge in [-0.05, 0) is 19.3 Å². The number of aromatic nitrogens is 1. The number of hydrogen-bond acceptors (Lipinski definition) is 4. The van der Waals surface area contributed by atoms with Gasteiger partial charge in [-0.3, -0.25) is 4.79 Å². The molecule has 0 aliphatic carbocycles. The highest BCUT2D eigenvalue weighted by atomic mass is 16.5. The molecule has 0 bridgehead atoms. The Bertz CT molecular complexity index is 478. The summed E-state index contributed by atoms with van der Waals surface area (Å²) in [5, 5.41) is 6.38. The number of carbonyl (C=O) groups excluding carboxylic acids is 1. The summed E-state index contributed by atoms with van der Waals surface area (Å²) in [5.41, 5.74) is 0.299. The number of rotatable bonds is 3. The van der Waals surface area contributed by atoms with Crippen LogP contribution in [-0.4, -0.2) is 30.3 Å². The number of ether oxygens (including phenoxy) is 1. The summed E-state index contributed by atoms with van der Waals surface area (Å²) in [7, 11) is 0. The van der Waals surface area contributed by atoms with Crippen molar-refractivity contribution in [2.45, 2.75) is 38.7 Å². The van der Waals surface area contributed by atoms with Crippen LogP contribution >= 0.6 is 0 Å². The van der Waals surface area contributed by atoms with E-state index < -0.39 is 0 Å². The molecule has 102 valence electrons. The fraction of sp³-hybridized carbons (Fsp3) is 0.571. The van der Waals surface area contributed by atoms with Crippen LogP contribution in [0, 0.1) is 11.8 Å². The Kier molecular flexibility index (Phi) is 4.99. The lowest BCUT2D eigenvalue weighted by Gasteiger charge is -2.17. The topological polar surface area (TPSA) is 64.4 Å². The summed E-state index contributed by atoms with van der Waals surface area (Å²) in [5.74, 6) is 6.36. The van der Waals surface area contributed by atoms with E-state index in [2.05, 4.69) is 22.3 Å². The van der Waals surface area contributed by atoms with Crippen LogP contribution in [0.25, 0.3) is 0 Å². The Morgan fingerprint density at radius 2 is 2.47 bits per heavy atom. The highest BCUT2D eigenvalue weighted by molar-refractivity contribution is 5.92. The van der Waals surface area contributed by atoms with Gasteiger partial charge in [0.05, 0.1) is 6.54 Å². The van der Waals surface area contributed by atoms with Gasteiger partial charge in [0.25, 0.3) is 5.91 Å². The van der Waals surface area contributed by atoms with Crippen molar-refractivity contribution >= 4 is 5.91 Å². The number of carbonyl (C=O) groups is 1. The fourth-order valence-electron chi connectivity index (χ4n) is 1.82. The Hall–Kier alpha value is -1.80. The molecule has 5 nitrogen and oxygen atoms in total. The molecule has 0 aromatic carbocycles. The first kappa shape index (κ1) is 13.6. The van der Waals surface area contributed by atoms with Gasteiger partial charge in [-0.15, -0.1) is 0 Å². The summed E-state index contributed by atoms with van der Waals surface area (Å²) in [6.45, 7) is 3.02. The highest BCUT2D eigenvalue weighted by Gasteiger charge is 2.11. The standard InChI is InChI=1S/C14H18N2O3/c1-2-11-10-13(16-19-11)14(17)15-8-5-7-12-6-3-4-9-18-12/h10,12H,2-4,6,8-9H2,1H3,(H,15,17). The molecule has 1 unspecified atom stereocenters. The average Bonchev–Trinajstić information content (AvgIpc) is 2.93. The Morgan fingerprint density at radius 3 is 3.16 bits per heavy atom. The van der Waals surface area contributed by atoms with Gasteiger partial charge in [0.2, 0.25) is 0 Å². The van der Waals surface area contributed by atoms with Gasteiger partial charge in [0, 0.05) is 19.1 Å². The molecule has 0 radical (unpaired) electrons. The van der Waals surface area contributed by atoms with E-state index in [4.69, 9.17) is 9.26 Å². The van der Waals surface area contributed by atoms with Crippen LogP contribution in [-0.2, 0) is 11.2 Å². The molecule has 0 spiro atoms. The minimum Gasteiger partial charge on any atom is -0.366 e. The lowest BCUT2D eigenvalue weighted by Crippen LogP contribution is -2.24. The molecule has 0 saturated carbocycles. The van der Waals surface area contributed by atoms with Gasteiger partial charge in [-0.1, -0.05) is 23.9 Å². The lowest BCUT2D eigenvalue weighted by atomic mass is 10.1. The SMILES string of the molecule is CCc1cc(C(=O)NCC#CC2CCCCO2)no1. The predicted molar refractivity (Wildman–Crippen MR) is 69.6 cm³/mol. The second-order valence-corrected chi connectivity index (χ2v) is 4.39. The first-order valence-electron chi connectivity index (χ1n) is 6.63. The van der Waals surface area contributed by atoms with Crippen molar-refractivity contribution in [3.05, 3.63) is 17.5 Å². The second-order valence-electron chi connectivity index (χ2n) is 4.39. The van der Waals surface area contributed by atoms with E-state index in [0.717, 1.165) is 32.3 Å². The van der Waals surface area contributed by atoms with Crippen LogP contribution in [0.4, 0.5) is 0 Å². The smallest absolute Gasteiger partial charge is 0.274 e. The summed E-state index contributed by atoms with van der Waals surface area (Å²) < 4.78 is 10.4. The zero-order valence-corrected chi connectivity index (χ0v) is 11.1. The molecule has 1 N–H and O–H groups in total. The van der Waals surface area contributed by atoms with E-state index in [1.54, 1.807) is 6.07 Å². The van der Waals surface area contributed by atoms with Crippen molar-refractivity contribution in [2.75, 3.05) is 13.2 Å². The molecule has 1 amide bonds. The zero-order valence-electron chi connectivity index (χ0n) is 11.1. The Balaban J connectivity index is 1.75. The molecular formula is C14H18N2O3. The molecule has 1 aromatic heterocycles. The first-order chi connectivity index (χ1) is 9.29. The van der Waals surface area contributed by atoms with Crippen molar-refractivity contribution in [3.63, 3.8) is 0 Å². The monoisotopic (exact) mass is 262 g/mol. The normalized spacial score (nSPS) is 18.5. The van der Waals surface area contributed by atoms with Crippen LogP contribution in [0.1, 0.15) is 42.4 Å². The third kappa shape index (κ3) is 4.11. The number of nitrogens with one attached hydrogen (secondary N) is 1. The van der Waals surface area contributed by atoms with Gasteiger partial charge < -0.3 is 14.6 Å². The third-order valence-corrected chi connectivity index (χ3v) is 2.92. The molecule has 1 aliphatic heterocycles.